The minimum Gasteiger partial charge on any atom is -0.319 e. The van der Waals surface area contributed by atoms with Crippen LogP contribution < -0.4 is 5.84 Å². The van der Waals surface area contributed by atoms with Crippen molar-refractivity contribution in [2.45, 2.75) is 19.9 Å². The molecule has 4 nitrogen and oxygen atoms in total. The Labute approximate surface area is 99.8 Å². The summed E-state index contributed by atoms with van der Waals surface area (Å²) >= 11 is 0. The van der Waals surface area contributed by atoms with Crippen LogP contribution in [0.15, 0.2) is 18.2 Å². The van der Waals surface area contributed by atoms with E-state index in [1.807, 2.05) is 6.92 Å². The number of hydrogen-bond acceptors (Lipinski definition) is 2. The highest BCUT2D eigenvalue weighted by Gasteiger charge is 2.23. The van der Waals surface area contributed by atoms with Crippen LogP contribution >= 0.6 is 0 Å². The Kier molecular flexibility index (Phi) is 3.28. The lowest BCUT2D eigenvalue weighted by Gasteiger charge is -2.33. The summed E-state index contributed by atoms with van der Waals surface area (Å²) in [6, 6.07) is 4.44. The average Bonchev–Trinajstić information content (AvgIpc) is 2.28. The Bertz CT molecular complexity index is 436. The molecule has 1 aliphatic heterocycles. The molecular formula is C12H16FN3O. The van der Waals surface area contributed by atoms with Crippen LogP contribution in [0.3, 0.4) is 0 Å². The molecule has 1 aliphatic rings. The Balaban J connectivity index is 2.12. The first-order valence-electron chi connectivity index (χ1n) is 5.64. The van der Waals surface area contributed by atoms with Crippen molar-refractivity contribution in [3.05, 3.63) is 35.1 Å². The van der Waals surface area contributed by atoms with E-state index < -0.39 is 0 Å². The molecule has 0 spiro atoms. The molecule has 0 saturated carbocycles. The summed E-state index contributed by atoms with van der Waals surface area (Å²) in [5.41, 5.74) is 1.81. The Morgan fingerprint density at radius 3 is 2.88 bits per heavy atom. The molecule has 2 N–H and O–H groups in total. The Morgan fingerprint density at radius 2 is 2.18 bits per heavy atom. The van der Waals surface area contributed by atoms with Crippen LogP contribution in [0.5, 0.6) is 0 Å². The average molecular weight is 237 g/mol. The third-order valence-corrected chi connectivity index (χ3v) is 3.01. The Hall–Kier alpha value is -1.62. The first-order valence-corrected chi connectivity index (χ1v) is 5.64. The van der Waals surface area contributed by atoms with Crippen LogP contribution in [0.25, 0.3) is 0 Å². The van der Waals surface area contributed by atoms with Gasteiger partial charge in [0.05, 0.1) is 0 Å². The van der Waals surface area contributed by atoms with Gasteiger partial charge in [0.25, 0.3) is 0 Å². The van der Waals surface area contributed by atoms with E-state index in [-0.39, 0.29) is 11.8 Å². The summed E-state index contributed by atoms with van der Waals surface area (Å²) in [6.07, 6.45) is 0.864. The molecule has 1 heterocycles. The van der Waals surface area contributed by atoms with Crippen molar-refractivity contribution in [2.24, 2.45) is 5.84 Å². The molecule has 0 bridgehead atoms. The molecule has 1 aromatic carbocycles. The number of nitrogens with zero attached hydrogens (tertiary/aromatic N) is 2. The van der Waals surface area contributed by atoms with Gasteiger partial charge in [-0.05, 0) is 36.6 Å². The van der Waals surface area contributed by atoms with E-state index in [0.717, 1.165) is 17.5 Å². The van der Waals surface area contributed by atoms with Crippen molar-refractivity contribution in [2.75, 3.05) is 13.1 Å². The molecule has 1 saturated heterocycles. The van der Waals surface area contributed by atoms with Crippen LogP contribution in [-0.2, 0) is 6.54 Å². The molecule has 92 valence electrons. The fourth-order valence-corrected chi connectivity index (χ4v) is 1.99. The third kappa shape index (κ3) is 2.55. The number of nitrogens with two attached hydrogens (primary N) is 1. The summed E-state index contributed by atoms with van der Waals surface area (Å²) in [5, 5.41) is 1.22. The van der Waals surface area contributed by atoms with Crippen LogP contribution in [0, 0.1) is 12.7 Å². The molecule has 1 aromatic rings. The first-order chi connectivity index (χ1) is 8.08. The highest BCUT2D eigenvalue weighted by Crippen LogP contribution is 2.15. The fourth-order valence-electron chi connectivity index (χ4n) is 1.99. The van der Waals surface area contributed by atoms with Gasteiger partial charge in [-0.15, -0.1) is 0 Å². The van der Waals surface area contributed by atoms with Gasteiger partial charge in [0.2, 0.25) is 0 Å². The number of hydrogen-bond donors (Lipinski definition) is 1. The van der Waals surface area contributed by atoms with E-state index in [0.29, 0.717) is 19.6 Å². The number of amides is 2. The molecule has 17 heavy (non-hydrogen) atoms. The van der Waals surface area contributed by atoms with E-state index in [1.165, 1.54) is 17.1 Å². The number of carbonyl (C=O) groups is 1. The van der Waals surface area contributed by atoms with Gasteiger partial charge in [-0.2, -0.15) is 0 Å². The molecule has 0 atom stereocenters. The van der Waals surface area contributed by atoms with Gasteiger partial charge in [0.15, 0.2) is 0 Å². The van der Waals surface area contributed by atoms with Gasteiger partial charge in [0.1, 0.15) is 5.82 Å². The summed E-state index contributed by atoms with van der Waals surface area (Å²) in [6.45, 7) is 3.62. The second kappa shape index (κ2) is 4.71. The summed E-state index contributed by atoms with van der Waals surface area (Å²) in [7, 11) is 0. The zero-order valence-corrected chi connectivity index (χ0v) is 9.82. The van der Waals surface area contributed by atoms with Crippen LogP contribution in [-0.4, -0.2) is 29.0 Å². The van der Waals surface area contributed by atoms with Crippen LogP contribution in [0.4, 0.5) is 9.18 Å². The van der Waals surface area contributed by atoms with Gasteiger partial charge in [-0.25, -0.2) is 15.0 Å². The minimum absolute atomic E-state index is 0.167. The van der Waals surface area contributed by atoms with E-state index in [4.69, 9.17) is 5.84 Å². The lowest BCUT2D eigenvalue weighted by molar-refractivity contribution is 0.127. The molecule has 0 aliphatic carbocycles. The maximum absolute atomic E-state index is 13.0. The van der Waals surface area contributed by atoms with Crippen LogP contribution in [0.1, 0.15) is 17.5 Å². The maximum atomic E-state index is 13.0. The third-order valence-electron chi connectivity index (χ3n) is 3.01. The minimum atomic E-state index is -0.253. The standard InChI is InChI=1S/C12H16FN3O/c1-9-7-11(13)4-3-10(9)8-15-5-2-6-16(14)12(15)17/h3-4,7H,2,5-6,8,14H2,1H3. The zero-order chi connectivity index (χ0) is 12.4. The SMILES string of the molecule is Cc1cc(F)ccc1CN1CCCN(N)C1=O. The molecular weight excluding hydrogens is 221 g/mol. The highest BCUT2D eigenvalue weighted by molar-refractivity contribution is 5.74. The van der Waals surface area contributed by atoms with Gasteiger partial charge in [-0.3, -0.25) is 5.01 Å². The van der Waals surface area contributed by atoms with Crippen molar-refractivity contribution in [1.82, 2.24) is 9.91 Å². The smallest absolute Gasteiger partial charge is 0.319 e. The monoisotopic (exact) mass is 237 g/mol. The fraction of sp³-hybridized carbons (Fsp3) is 0.417. The van der Waals surface area contributed by atoms with E-state index in [1.54, 1.807) is 11.0 Å². The predicted octanol–water partition coefficient (Wildman–Crippen LogP) is 1.64. The second-order valence-corrected chi connectivity index (χ2v) is 4.32. The number of benzene rings is 1. The lowest BCUT2D eigenvalue weighted by atomic mass is 10.1. The molecule has 2 rings (SSSR count). The van der Waals surface area contributed by atoms with Crippen LogP contribution in [0.2, 0.25) is 0 Å². The number of halogens is 1. The highest BCUT2D eigenvalue weighted by atomic mass is 19.1. The molecule has 1 fully saturated rings. The van der Waals surface area contributed by atoms with Crippen molar-refractivity contribution in [3.63, 3.8) is 0 Å². The Morgan fingerprint density at radius 1 is 1.41 bits per heavy atom. The molecule has 0 radical (unpaired) electrons. The van der Waals surface area contributed by atoms with E-state index in [2.05, 4.69) is 0 Å². The van der Waals surface area contributed by atoms with Gasteiger partial charge < -0.3 is 4.90 Å². The van der Waals surface area contributed by atoms with Gasteiger partial charge >= 0.3 is 6.03 Å². The second-order valence-electron chi connectivity index (χ2n) is 4.32. The molecule has 2 amide bonds. The summed E-state index contributed by atoms with van der Waals surface area (Å²) < 4.78 is 13.0. The van der Waals surface area contributed by atoms with Gasteiger partial charge in [-0.1, -0.05) is 6.07 Å². The topological polar surface area (TPSA) is 49.6 Å². The van der Waals surface area contributed by atoms with E-state index >= 15 is 0 Å². The predicted molar refractivity (Wildman–Crippen MR) is 62.5 cm³/mol. The number of carbonyl (C=O) groups excluding carboxylic acids is 1. The summed E-state index contributed by atoms with van der Waals surface area (Å²) in [5.74, 6) is 5.31. The largest absolute Gasteiger partial charge is 0.334 e. The van der Waals surface area contributed by atoms with Crippen molar-refractivity contribution < 1.29 is 9.18 Å². The number of aryl methyl sites for hydroxylation is 1. The first kappa shape index (κ1) is 11.9. The quantitative estimate of drug-likeness (QED) is 0.628. The number of rotatable bonds is 2. The van der Waals surface area contributed by atoms with E-state index in [9.17, 15) is 9.18 Å². The van der Waals surface area contributed by atoms with Crippen molar-refractivity contribution in [1.29, 1.82) is 0 Å². The number of urea groups is 1. The molecule has 5 heteroatoms. The van der Waals surface area contributed by atoms with Gasteiger partial charge in [0, 0.05) is 19.6 Å². The normalized spacial score (nSPS) is 16.5. The summed E-state index contributed by atoms with van der Waals surface area (Å²) in [4.78, 5) is 13.4. The number of hydrazine groups is 1. The molecule has 0 aromatic heterocycles. The zero-order valence-electron chi connectivity index (χ0n) is 9.82. The lowest BCUT2D eigenvalue weighted by Crippen LogP contribution is -2.52. The van der Waals surface area contributed by atoms with Crippen molar-refractivity contribution in [3.8, 4) is 0 Å². The van der Waals surface area contributed by atoms with Crippen molar-refractivity contribution >= 4 is 6.03 Å². The maximum Gasteiger partial charge on any atom is 0.334 e. The molecule has 0 unspecified atom stereocenters.